The predicted molar refractivity (Wildman–Crippen MR) is 73.5 cm³/mol. The third kappa shape index (κ3) is 3.22. The molecule has 0 spiro atoms. The Bertz CT molecular complexity index is 391. The van der Waals surface area contributed by atoms with Crippen molar-refractivity contribution in [2.75, 3.05) is 0 Å². The van der Waals surface area contributed by atoms with Gasteiger partial charge in [0, 0.05) is 17.8 Å². The van der Waals surface area contributed by atoms with Crippen molar-refractivity contribution in [1.82, 2.24) is 4.98 Å². The average molecular weight is 248 g/mol. The lowest BCUT2D eigenvalue weighted by molar-refractivity contribution is 0.0937. The molecule has 1 aliphatic carbocycles. The fourth-order valence-electron chi connectivity index (χ4n) is 2.50. The summed E-state index contributed by atoms with van der Waals surface area (Å²) in [6, 6.07) is 3.88. The third-order valence-electron chi connectivity index (χ3n) is 3.86. The van der Waals surface area contributed by atoms with Crippen LogP contribution < -0.4 is 10.5 Å². The van der Waals surface area contributed by atoms with Gasteiger partial charge in [0.1, 0.15) is 6.10 Å². The number of nitrogens with two attached hydrogens (primary N) is 1. The van der Waals surface area contributed by atoms with Crippen LogP contribution in [0, 0.1) is 5.41 Å². The first-order chi connectivity index (χ1) is 8.48. The van der Waals surface area contributed by atoms with Crippen LogP contribution in [0.25, 0.3) is 0 Å². The number of hydrogen-bond donors (Lipinski definition) is 1. The molecule has 1 aromatic rings. The van der Waals surface area contributed by atoms with Crippen LogP contribution in [0.15, 0.2) is 18.3 Å². The van der Waals surface area contributed by atoms with Gasteiger partial charge in [-0.05, 0) is 44.1 Å². The van der Waals surface area contributed by atoms with Crippen LogP contribution in [0.1, 0.15) is 58.1 Å². The average Bonchev–Trinajstić information content (AvgIpc) is 2.32. The quantitative estimate of drug-likeness (QED) is 0.891. The van der Waals surface area contributed by atoms with Crippen molar-refractivity contribution < 1.29 is 4.74 Å². The van der Waals surface area contributed by atoms with Crippen LogP contribution in [0.2, 0.25) is 0 Å². The molecule has 18 heavy (non-hydrogen) atoms. The zero-order valence-corrected chi connectivity index (χ0v) is 11.6. The van der Waals surface area contributed by atoms with Gasteiger partial charge in [0.2, 0.25) is 5.88 Å². The zero-order chi connectivity index (χ0) is 13.2. The van der Waals surface area contributed by atoms with Crippen molar-refractivity contribution >= 4 is 0 Å². The number of ether oxygens (including phenoxy) is 1. The standard InChI is InChI=1S/C15H24N2O/c1-11(16)13-5-4-10-17-14(13)18-12-6-8-15(2,3)9-7-12/h4-5,10-12H,6-9,16H2,1-3H3/t11-/m0/s1. The van der Waals surface area contributed by atoms with E-state index in [0.29, 0.717) is 11.5 Å². The lowest BCUT2D eigenvalue weighted by Gasteiger charge is -2.34. The maximum atomic E-state index is 6.05. The smallest absolute Gasteiger partial charge is 0.218 e. The number of pyridine rings is 1. The van der Waals surface area contributed by atoms with E-state index in [1.807, 2.05) is 19.1 Å². The van der Waals surface area contributed by atoms with Crippen molar-refractivity contribution in [3.8, 4) is 5.88 Å². The van der Waals surface area contributed by atoms with Crippen LogP contribution in [-0.4, -0.2) is 11.1 Å². The summed E-state index contributed by atoms with van der Waals surface area (Å²) in [6.07, 6.45) is 6.74. The van der Waals surface area contributed by atoms with Crippen molar-refractivity contribution in [3.63, 3.8) is 0 Å². The summed E-state index contributed by atoms with van der Waals surface area (Å²) >= 11 is 0. The van der Waals surface area contributed by atoms with Gasteiger partial charge in [-0.1, -0.05) is 19.9 Å². The van der Waals surface area contributed by atoms with Crippen LogP contribution in [0.3, 0.4) is 0 Å². The topological polar surface area (TPSA) is 48.1 Å². The highest BCUT2D eigenvalue weighted by molar-refractivity contribution is 5.28. The first-order valence-electron chi connectivity index (χ1n) is 6.85. The summed E-state index contributed by atoms with van der Waals surface area (Å²) in [7, 11) is 0. The summed E-state index contributed by atoms with van der Waals surface area (Å²) in [6.45, 7) is 6.63. The van der Waals surface area contributed by atoms with E-state index in [1.54, 1.807) is 6.20 Å². The van der Waals surface area contributed by atoms with Gasteiger partial charge >= 0.3 is 0 Å². The van der Waals surface area contributed by atoms with Crippen LogP contribution in [0.5, 0.6) is 5.88 Å². The van der Waals surface area contributed by atoms with Crippen molar-refractivity contribution in [2.45, 2.75) is 58.6 Å². The highest BCUT2D eigenvalue weighted by Crippen LogP contribution is 2.36. The monoisotopic (exact) mass is 248 g/mol. The Kier molecular flexibility index (Phi) is 3.91. The Morgan fingerprint density at radius 2 is 2.06 bits per heavy atom. The summed E-state index contributed by atoms with van der Waals surface area (Å²) in [5.74, 6) is 0.720. The van der Waals surface area contributed by atoms with E-state index < -0.39 is 0 Å². The normalized spacial score (nSPS) is 21.6. The summed E-state index contributed by atoms with van der Waals surface area (Å²) in [5.41, 5.74) is 7.41. The minimum atomic E-state index is -0.0336. The largest absolute Gasteiger partial charge is 0.474 e. The second kappa shape index (κ2) is 5.27. The molecular formula is C15H24N2O. The maximum absolute atomic E-state index is 6.05. The molecule has 0 radical (unpaired) electrons. The van der Waals surface area contributed by atoms with Gasteiger partial charge in [-0.25, -0.2) is 4.98 Å². The Labute approximate surface area is 110 Å². The molecule has 3 nitrogen and oxygen atoms in total. The first kappa shape index (κ1) is 13.3. The molecule has 0 aliphatic heterocycles. The minimum absolute atomic E-state index is 0.0336. The number of aromatic nitrogens is 1. The molecule has 100 valence electrons. The lowest BCUT2D eigenvalue weighted by atomic mass is 9.76. The van der Waals surface area contributed by atoms with Crippen molar-refractivity contribution in [3.05, 3.63) is 23.9 Å². The van der Waals surface area contributed by atoms with E-state index in [1.165, 1.54) is 12.8 Å². The Morgan fingerprint density at radius 1 is 1.39 bits per heavy atom. The molecule has 2 N–H and O–H groups in total. The molecule has 0 saturated heterocycles. The second-order valence-electron chi connectivity index (χ2n) is 6.17. The number of rotatable bonds is 3. The molecule has 1 aliphatic rings. The molecule has 0 amide bonds. The number of hydrogen-bond acceptors (Lipinski definition) is 3. The van der Waals surface area contributed by atoms with Crippen molar-refractivity contribution in [1.29, 1.82) is 0 Å². The predicted octanol–water partition coefficient (Wildman–Crippen LogP) is 3.45. The third-order valence-corrected chi connectivity index (χ3v) is 3.86. The van der Waals surface area contributed by atoms with Crippen LogP contribution >= 0.6 is 0 Å². The van der Waals surface area contributed by atoms with Gasteiger partial charge in [-0.15, -0.1) is 0 Å². The molecule has 1 aromatic heterocycles. The highest BCUT2D eigenvalue weighted by atomic mass is 16.5. The van der Waals surface area contributed by atoms with Gasteiger partial charge < -0.3 is 10.5 Å². The first-order valence-corrected chi connectivity index (χ1v) is 6.85. The van der Waals surface area contributed by atoms with Gasteiger partial charge in [-0.2, -0.15) is 0 Å². The Balaban J connectivity index is 2.02. The fourth-order valence-corrected chi connectivity index (χ4v) is 2.50. The van der Waals surface area contributed by atoms with E-state index in [-0.39, 0.29) is 6.04 Å². The molecule has 0 aromatic carbocycles. The fraction of sp³-hybridized carbons (Fsp3) is 0.667. The Morgan fingerprint density at radius 3 is 2.67 bits per heavy atom. The van der Waals surface area contributed by atoms with Crippen LogP contribution in [0.4, 0.5) is 0 Å². The van der Waals surface area contributed by atoms with E-state index in [2.05, 4.69) is 18.8 Å². The minimum Gasteiger partial charge on any atom is -0.474 e. The molecule has 3 heteroatoms. The maximum Gasteiger partial charge on any atom is 0.218 e. The van der Waals surface area contributed by atoms with E-state index >= 15 is 0 Å². The van der Waals surface area contributed by atoms with Gasteiger partial charge in [0.25, 0.3) is 0 Å². The summed E-state index contributed by atoms with van der Waals surface area (Å²) < 4.78 is 6.05. The SMILES string of the molecule is C[C@H](N)c1cccnc1OC1CCC(C)(C)CC1. The second-order valence-corrected chi connectivity index (χ2v) is 6.17. The van der Waals surface area contributed by atoms with E-state index in [4.69, 9.17) is 10.5 Å². The molecule has 1 fully saturated rings. The Hall–Kier alpha value is -1.09. The highest BCUT2D eigenvalue weighted by Gasteiger charge is 2.28. The molecule has 1 saturated carbocycles. The van der Waals surface area contributed by atoms with Gasteiger partial charge in [0.15, 0.2) is 0 Å². The van der Waals surface area contributed by atoms with E-state index in [9.17, 15) is 0 Å². The molecule has 0 bridgehead atoms. The summed E-state index contributed by atoms with van der Waals surface area (Å²) in [4.78, 5) is 4.33. The molecule has 1 heterocycles. The molecule has 1 atom stereocenters. The van der Waals surface area contributed by atoms with E-state index in [0.717, 1.165) is 24.3 Å². The van der Waals surface area contributed by atoms with Crippen LogP contribution in [-0.2, 0) is 0 Å². The summed E-state index contributed by atoms with van der Waals surface area (Å²) in [5, 5.41) is 0. The molecule has 2 rings (SSSR count). The molecular weight excluding hydrogens is 224 g/mol. The lowest BCUT2D eigenvalue weighted by Crippen LogP contribution is -2.29. The van der Waals surface area contributed by atoms with Crippen molar-refractivity contribution in [2.24, 2.45) is 11.1 Å². The number of nitrogens with zero attached hydrogens (tertiary/aromatic N) is 1. The van der Waals surface area contributed by atoms with Gasteiger partial charge in [-0.3, -0.25) is 0 Å². The van der Waals surface area contributed by atoms with Gasteiger partial charge in [0.05, 0.1) is 0 Å². The zero-order valence-electron chi connectivity index (χ0n) is 11.6. The molecule has 0 unspecified atom stereocenters.